The Morgan fingerprint density at radius 3 is 3.00 bits per heavy atom. The highest BCUT2D eigenvalue weighted by Gasteiger charge is 2.28. The Labute approximate surface area is 126 Å². The average Bonchev–Trinajstić information content (AvgIpc) is 3.11. The van der Waals surface area contributed by atoms with Gasteiger partial charge in [0.05, 0.1) is 0 Å². The van der Waals surface area contributed by atoms with Crippen molar-refractivity contribution >= 4 is 12.2 Å². The van der Waals surface area contributed by atoms with Gasteiger partial charge in [0, 0.05) is 23.5 Å². The molecule has 0 amide bonds. The van der Waals surface area contributed by atoms with Gasteiger partial charge in [0.25, 0.3) is 0 Å². The number of benzene rings is 1. The third-order valence-corrected chi connectivity index (χ3v) is 3.90. The van der Waals surface area contributed by atoms with Crippen LogP contribution in [0.5, 0.6) is 5.75 Å². The number of nitrogens with zero attached hydrogens (tertiary/aromatic N) is 3. The maximum absolute atomic E-state index is 5.76. The fraction of sp³-hybridized carbons (Fsp3) is 0.133. The van der Waals surface area contributed by atoms with E-state index in [2.05, 4.69) is 21.2 Å². The van der Waals surface area contributed by atoms with Gasteiger partial charge >= 0.3 is 0 Å². The second-order valence-corrected chi connectivity index (χ2v) is 5.22. The molecule has 1 aromatic carbocycles. The Kier molecular flexibility index (Phi) is 2.82. The molecule has 1 N–H and O–H groups in total. The second-order valence-electron chi connectivity index (χ2n) is 4.83. The Morgan fingerprint density at radius 1 is 1.24 bits per heavy atom. The number of nitrogens with one attached hydrogen (secondary N) is 1. The fourth-order valence-corrected chi connectivity index (χ4v) is 2.91. The molecule has 1 atom stereocenters. The smallest absolute Gasteiger partial charge is 0.196 e. The molecular weight excluding hydrogens is 284 g/mol. The van der Waals surface area contributed by atoms with Crippen molar-refractivity contribution in [1.82, 2.24) is 19.7 Å². The molecule has 0 radical (unpaired) electrons. The number of aromatic amines is 1. The molecule has 1 aliphatic rings. The predicted molar refractivity (Wildman–Crippen MR) is 80.7 cm³/mol. The van der Waals surface area contributed by atoms with Gasteiger partial charge in [-0.2, -0.15) is 5.10 Å². The van der Waals surface area contributed by atoms with E-state index in [1.807, 2.05) is 34.9 Å². The quantitative estimate of drug-likeness (QED) is 0.739. The number of rotatable bonds is 2. The largest absolute Gasteiger partial charge is 0.491 e. The second kappa shape index (κ2) is 4.82. The monoisotopic (exact) mass is 296 g/mol. The third-order valence-electron chi connectivity index (χ3n) is 3.61. The Morgan fingerprint density at radius 2 is 2.14 bits per heavy atom. The van der Waals surface area contributed by atoms with Crippen LogP contribution in [0.15, 0.2) is 48.8 Å². The van der Waals surface area contributed by atoms with Gasteiger partial charge in [-0.25, -0.2) is 0 Å². The van der Waals surface area contributed by atoms with Crippen molar-refractivity contribution in [3.63, 3.8) is 0 Å². The lowest BCUT2D eigenvalue weighted by molar-refractivity contribution is 0.316. The number of H-pyrrole nitrogens is 1. The number of aromatic nitrogens is 4. The zero-order valence-electron chi connectivity index (χ0n) is 11.1. The summed E-state index contributed by atoms with van der Waals surface area (Å²) in [6.07, 6.45) is 3.52. The van der Waals surface area contributed by atoms with Crippen LogP contribution in [0, 0.1) is 4.77 Å². The number of para-hydroxylation sites is 1. The summed E-state index contributed by atoms with van der Waals surface area (Å²) in [5, 5.41) is 7.23. The molecule has 6 heteroatoms. The van der Waals surface area contributed by atoms with Gasteiger partial charge in [-0.05, 0) is 30.4 Å². The van der Waals surface area contributed by atoms with E-state index in [9.17, 15) is 0 Å². The molecule has 2 aromatic heterocycles. The van der Waals surface area contributed by atoms with Crippen LogP contribution in [0.2, 0.25) is 0 Å². The van der Waals surface area contributed by atoms with Crippen LogP contribution < -0.4 is 4.74 Å². The number of fused-ring (bicyclic) bond motifs is 1. The summed E-state index contributed by atoms with van der Waals surface area (Å²) in [6.45, 7) is 0.556. The van der Waals surface area contributed by atoms with Crippen molar-refractivity contribution in [3.05, 3.63) is 59.1 Å². The number of pyridine rings is 1. The third kappa shape index (κ3) is 1.95. The van der Waals surface area contributed by atoms with E-state index in [-0.39, 0.29) is 6.04 Å². The minimum Gasteiger partial charge on any atom is -0.491 e. The SMILES string of the molecule is S=c1[nH]nc(-c2cccnc2)n1C1COc2ccccc21. The first-order valence-electron chi connectivity index (χ1n) is 6.63. The Hall–Kier alpha value is -2.47. The topological polar surface area (TPSA) is 55.7 Å². The Bertz CT molecular complexity index is 840. The van der Waals surface area contributed by atoms with E-state index in [0.29, 0.717) is 11.4 Å². The van der Waals surface area contributed by atoms with Gasteiger partial charge < -0.3 is 4.74 Å². The van der Waals surface area contributed by atoms with E-state index < -0.39 is 0 Å². The Balaban J connectivity index is 1.88. The number of ether oxygens (including phenoxy) is 1. The van der Waals surface area contributed by atoms with Gasteiger partial charge in [0.2, 0.25) is 0 Å². The van der Waals surface area contributed by atoms with Crippen molar-refractivity contribution in [1.29, 1.82) is 0 Å². The maximum atomic E-state index is 5.76. The van der Waals surface area contributed by atoms with Gasteiger partial charge in [-0.15, -0.1) is 0 Å². The van der Waals surface area contributed by atoms with Crippen molar-refractivity contribution in [2.75, 3.05) is 6.61 Å². The van der Waals surface area contributed by atoms with E-state index in [4.69, 9.17) is 17.0 Å². The molecular formula is C15H12N4OS. The molecule has 0 aliphatic carbocycles. The zero-order chi connectivity index (χ0) is 14.2. The first-order valence-corrected chi connectivity index (χ1v) is 7.04. The lowest BCUT2D eigenvalue weighted by Gasteiger charge is -2.13. The molecule has 21 heavy (non-hydrogen) atoms. The predicted octanol–water partition coefficient (Wildman–Crippen LogP) is 2.98. The van der Waals surface area contributed by atoms with Crippen molar-refractivity contribution in [2.24, 2.45) is 0 Å². The van der Waals surface area contributed by atoms with Gasteiger partial charge in [-0.3, -0.25) is 14.6 Å². The van der Waals surface area contributed by atoms with Crippen molar-refractivity contribution in [3.8, 4) is 17.1 Å². The van der Waals surface area contributed by atoms with Gasteiger partial charge in [-0.1, -0.05) is 18.2 Å². The van der Waals surface area contributed by atoms with Crippen LogP contribution in [-0.4, -0.2) is 26.4 Å². The van der Waals surface area contributed by atoms with Gasteiger partial charge in [0.15, 0.2) is 10.6 Å². The van der Waals surface area contributed by atoms with E-state index in [1.54, 1.807) is 12.4 Å². The lowest BCUT2D eigenvalue weighted by atomic mass is 10.1. The van der Waals surface area contributed by atoms with Crippen LogP contribution in [0.1, 0.15) is 11.6 Å². The minimum atomic E-state index is 0.0302. The molecule has 5 nitrogen and oxygen atoms in total. The van der Waals surface area contributed by atoms with Crippen molar-refractivity contribution < 1.29 is 4.74 Å². The maximum Gasteiger partial charge on any atom is 0.196 e. The summed E-state index contributed by atoms with van der Waals surface area (Å²) in [4.78, 5) is 4.15. The summed E-state index contributed by atoms with van der Waals surface area (Å²) in [6, 6.07) is 11.9. The molecule has 4 rings (SSSR count). The van der Waals surface area contributed by atoms with E-state index in [1.165, 1.54) is 0 Å². The number of hydrogen-bond acceptors (Lipinski definition) is 4. The molecule has 0 fully saturated rings. The highest BCUT2D eigenvalue weighted by Crippen LogP contribution is 2.36. The molecule has 0 saturated carbocycles. The van der Waals surface area contributed by atoms with Crippen molar-refractivity contribution in [2.45, 2.75) is 6.04 Å². The summed E-state index contributed by atoms with van der Waals surface area (Å²) >= 11 is 5.41. The molecule has 3 aromatic rings. The van der Waals surface area contributed by atoms with Gasteiger partial charge in [0.1, 0.15) is 18.4 Å². The average molecular weight is 296 g/mol. The number of hydrogen-bond donors (Lipinski definition) is 1. The standard InChI is InChI=1S/C15H12N4OS/c21-15-18-17-14(10-4-3-7-16-8-10)19(15)12-9-20-13-6-2-1-5-11(12)13/h1-8,12H,9H2,(H,18,21). The summed E-state index contributed by atoms with van der Waals surface area (Å²) in [5.41, 5.74) is 2.05. The van der Waals surface area contributed by atoms with E-state index in [0.717, 1.165) is 22.7 Å². The van der Waals surface area contributed by atoms with E-state index >= 15 is 0 Å². The normalized spacial score (nSPS) is 16.5. The summed E-state index contributed by atoms with van der Waals surface area (Å²) < 4.78 is 8.34. The molecule has 104 valence electrons. The zero-order valence-corrected chi connectivity index (χ0v) is 11.9. The molecule has 1 unspecified atom stereocenters. The first kappa shape index (κ1) is 12.3. The molecule has 1 aliphatic heterocycles. The van der Waals surface area contributed by atoms with Crippen LogP contribution in [-0.2, 0) is 0 Å². The first-order chi connectivity index (χ1) is 10.3. The van der Waals surface area contributed by atoms with Crippen LogP contribution in [0.4, 0.5) is 0 Å². The van der Waals surface area contributed by atoms with Crippen LogP contribution >= 0.6 is 12.2 Å². The molecule has 0 bridgehead atoms. The summed E-state index contributed by atoms with van der Waals surface area (Å²) in [5.74, 6) is 1.68. The lowest BCUT2D eigenvalue weighted by Crippen LogP contribution is -2.13. The fourth-order valence-electron chi connectivity index (χ4n) is 2.65. The molecule has 3 heterocycles. The minimum absolute atomic E-state index is 0.0302. The highest BCUT2D eigenvalue weighted by molar-refractivity contribution is 7.71. The van der Waals surface area contributed by atoms with Crippen LogP contribution in [0.25, 0.3) is 11.4 Å². The molecule has 0 saturated heterocycles. The summed E-state index contributed by atoms with van der Waals surface area (Å²) in [7, 11) is 0. The molecule has 0 spiro atoms. The van der Waals surface area contributed by atoms with Crippen LogP contribution in [0.3, 0.4) is 0 Å². The highest BCUT2D eigenvalue weighted by atomic mass is 32.1.